The molecule has 0 atom stereocenters. The third-order valence-corrected chi connectivity index (χ3v) is 3.27. The highest BCUT2D eigenvalue weighted by Gasteiger charge is 2.12. The third kappa shape index (κ3) is 2.44. The molecule has 1 N–H and O–H groups in total. The highest BCUT2D eigenvalue weighted by atomic mass is 19.2. The fourth-order valence-electron chi connectivity index (χ4n) is 2.28. The molecule has 0 amide bonds. The molecule has 0 aliphatic carbocycles. The van der Waals surface area contributed by atoms with E-state index in [9.17, 15) is 13.2 Å². The topological polar surface area (TPSA) is 29.9 Å². The minimum atomic E-state index is -1.22. The van der Waals surface area contributed by atoms with Crippen molar-refractivity contribution < 1.29 is 13.2 Å². The first-order valence-corrected chi connectivity index (χ1v) is 6.35. The molecule has 3 aromatic rings. The molecule has 1 aromatic heterocycles. The Labute approximate surface area is 119 Å². The van der Waals surface area contributed by atoms with Gasteiger partial charge in [-0.05, 0) is 6.07 Å². The number of aromatic nitrogens is 2. The normalized spacial score (nSPS) is 11.0. The van der Waals surface area contributed by atoms with E-state index < -0.39 is 17.5 Å². The third-order valence-electron chi connectivity index (χ3n) is 3.27. The van der Waals surface area contributed by atoms with Gasteiger partial charge in [-0.3, -0.25) is 4.68 Å². The highest BCUT2D eigenvalue weighted by molar-refractivity contribution is 5.82. The van der Waals surface area contributed by atoms with Crippen molar-refractivity contribution in [3.8, 4) is 0 Å². The van der Waals surface area contributed by atoms with Crippen molar-refractivity contribution in [3.63, 3.8) is 0 Å². The van der Waals surface area contributed by atoms with Crippen molar-refractivity contribution in [3.05, 3.63) is 59.5 Å². The van der Waals surface area contributed by atoms with Crippen molar-refractivity contribution in [1.29, 1.82) is 0 Å². The maximum Gasteiger partial charge on any atom is 0.182 e. The van der Waals surface area contributed by atoms with Gasteiger partial charge < -0.3 is 5.32 Å². The molecule has 0 aliphatic heterocycles. The molecule has 0 unspecified atom stereocenters. The predicted octanol–water partition coefficient (Wildman–Crippen LogP) is 3.60. The van der Waals surface area contributed by atoms with Crippen LogP contribution < -0.4 is 5.32 Å². The first kappa shape index (κ1) is 13.5. The number of hydrogen-bond acceptors (Lipinski definition) is 2. The first-order chi connectivity index (χ1) is 10.1. The maximum atomic E-state index is 13.6. The number of nitrogens with one attached hydrogen (secondary N) is 1. The number of benzene rings is 2. The molecular weight excluding hydrogens is 279 g/mol. The maximum absolute atomic E-state index is 13.6. The highest BCUT2D eigenvalue weighted by Crippen LogP contribution is 2.22. The molecule has 21 heavy (non-hydrogen) atoms. The average molecular weight is 291 g/mol. The summed E-state index contributed by atoms with van der Waals surface area (Å²) in [5.41, 5.74) is 1.39. The summed E-state index contributed by atoms with van der Waals surface area (Å²) in [6, 6.07) is 9.00. The van der Waals surface area contributed by atoms with E-state index in [0.717, 1.165) is 17.0 Å². The molecule has 6 heteroatoms. The fraction of sp³-hybridized carbons (Fsp3) is 0.133. The zero-order chi connectivity index (χ0) is 15.0. The molecule has 0 fully saturated rings. The number of para-hydroxylation sites is 1. The summed E-state index contributed by atoms with van der Waals surface area (Å²) in [6.07, 6.45) is 0. The lowest BCUT2D eigenvalue weighted by Crippen LogP contribution is -2.05. The van der Waals surface area contributed by atoms with E-state index in [4.69, 9.17) is 0 Å². The van der Waals surface area contributed by atoms with Crippen LogP contribution in [-0.2, 0) is 13.6 Å². The summed E-state index contributed by atoms with van der Waals surface area (Å²) in [5, 5.41) is 7.92. The molecule has 0 saturated carbocycles. The van der Waals surface area contributed by atoms with Crippen LogP contribution in [0.25, 0.3) is 10.9 Å². The lowest BCUT2D eigenvalue weighted by Gasteiger charge is -2.07. The summed E-state index contributed by atoms with van der Waals surface area (Å²) in [5.74, 6) is -3.15. The number of anilines is 1. The monoisotopic (exact) mass is 291 g/mol. The molecule has 0 radical (unpaired) electrons. The van der Waals surface area contributed by atoms with Gasteiger partial charge in [0.05, 0.1) is 23.4 Å². The van der Waals surface area contributed by atoms with Gasteiger partial charge in [0, 0.05) is 24.6 Å². The summed E-state index contributed by atoms with van der Waals surface area (Å²) in [7, 11) is 1.80. The van der Waals surface area contributed by atoms with Crippen LogP contribution in [0.15, 0.2) is 36.4 Å². The number of hydrogen-bond donors (Lipinski definition) is 1. The van der Waals surface area contributed by atoms with Gasteiger partial charge in [0.1, 0.15) is 5.82 Å². The molecule has 0 saturated heterocycles. The second kappa shape index (κ2) is 5.12. The zero-order valence-electron chi connectivity index (χ0n) is 11.2. The lowest BCUT2D eigenvalue weighted by atomic mass is 10.2. The Morgan fingerprint density at radius 1 is 1.14 bits per heavy atom. The second-order valence-electron chi connectivity index (χ2n) is 4.69. The Hall–Kier alpha value is -2.50. The lowest BCUT2D eigenvalue weighted by molar-refractivity contribution is 0.497. The fourth-order valence-corrected chi connectivity index (χ4v) is 2.28. The van der Waals surface area contributed by atoms with Gasteiger partial charge in [-0.15, -0.1) is 0 Å². The van der Waals surface area contributed by atoms with Gasteiger partial charge in [0.25, 0.3) is 0 Å². The largest absolute Gasteiger partial charge is 0.377 e. The van der Waals surface area contributed by atoms with Crippen LogP contribution in [-0.4, -0.2) is 9.78 Å². The Balaban J connectivity index is 1.91. The Bertz CT molecular complexity index is 811. The van der Waals surface area contributed by atoms with E-state index in [1.165, 1.54) is 0 Å². The van der Waals surface area contributed by atoms with E-state index in [0.29, 0.717) is 11.8 Å². The van der Waals surface area contributed by atoms with Crippen LogP contribution in [0, 0.1) is 17.5 Å². The number of nitrogens with zero attached hydrogens (tertiary/aromatic N) is 2. The Morgan fingerprint density at radius 2 is 1.90 bits per heavy atom. The standard InChI is InChI=1S/C15H12F3N3/c1-21-14-5-3-2-4-10(14)13(20-21)8-19-12-7-9(16)6-11(17)15(12)18/h2-7,19H,8H2,1H3. The molecule has 1 heterocycles. The molecule has 0 bridgehead atoms. The van der Waals surface area contributed by atoms with Gasteiger partial charge in [0.2, 0.25) is 0 Å². The quantitative estimate of drug-likeness (QED) is 0.747. The SMILES string of the molecule is Cn1nc(CNc2cc(F)cc(F)c2F)c2ccccc21. The van der Waals surface area contributed by atoms with Crippen molar-refractivity contribution in [1.82, 2.24) is 9.78 Å². The van der Waals surface area contributed by atoms with Crippen molar-refractivity contribution in [2.45, 2.75) is 6.54 Å². The van der Waals surface area contributed by atoms with Gasteiger partial charge in [-0.1, -0.05) is 18.2 Å². The minimum Gasteiger partial charge on any atom is -0.377 e. The molecule has 0 aliphatic rings. The minimum absolute atomic E-state index is 0.168. The van der Waals surface area contributed by atoms with Gasteiger partial charge in [-0.2, -0.15) is 5.10 Å². The zero-order valence-corrected chi connectivity index (χ0v) is 11.2. The number of fused-ring (bicyclic) bond motifs is 1. The van der Waals surface area contributed by atoms with Crippen LogP contribution >= 0.6 is 0 Å². The number of rotatable bonds is 3. The van der Waals surface area contributed by atoms with E-state index >= 15 is 0 Å². The molecule has 0 spiro atoms. The van der Waals surface area contributed by atoms with Crippen LogP contribution in [0.3, 0.4) is 0 Å². The van der Waals surface area contributed by atoms with E-state index in [2.05, 4.69) is 10.4 Å². The number of halogens is 3. The Kier molecular flexibility index (Phi) is 3.29. The molecule has 2 aromatic carbocycles. The van der Waals surface area contributed by atoms with E-state index in [1.807, 2.05) is 24.3 Å². The van der Waals surface area contributed by atoms with Gasteiger partial charge >= 0.3 is 0 Å². The molecule has 3 rings (SSSR count). The van der Waals surface area contributed by atoms with E-state index in [1.54, 1.807) is 11.7 Å². The first-order valence-electron chi connectivity index (χ1n) is 6.35. The van der Waals surface area contributed by atoms with Gasteiger partial charge in [0.15, 0.2) is 11.6 Å². The summed E-state index contributed by atoms with van der Waals surface area (Å²) in [6.45, 7) is 0.168. The Morgan fingerprint density at radius 3 is 2.71 bits per heavy atom. The second-order valence-corrected chi connectivity index (χ2v) is 4.69. The van der Waals surface area contributed by atoms with Crippen LogP contribution in [0.4, 0.5) is 18.9 Å². The van der Waals surface area contributed by atoms with Gasteiger partial charge in [-0.25, -0.2) is 13.2 Å². The number of aryl methyl sites for hydroxylation is 1. The summed E-state index contributed by atoms with van der Waals surface area (Å²) in [4.78, 5) is 0. The van der Waals surface area contributed by atoms with Crippen molar-refractivity contribution in [2.24, 2.45) is 7.05 Å². The van der Waals surface area contributed by atoms with Crippen LogP contribution in [0.1, 0.15) is 5.69 Å². The predicted molar refractivity (Wildman–Crippen MR) is 74.4 cm³/mol. The van der Waals surface area contributed by atoms with Crippen molar-refractivity contribution >= 4 is 16.6 Å². The smallest absolute Gasteiger partial charge is 0.182 e. The molecule has 3 nitrogen and oxygen atoms in total. The van der Waals surface area contributed by atoms with Crippen LogP contribution in [0.5, 0.6) is 0 Å². The molecular formula is C15H12F3N3. The van der Waals surface area contributed by atoms with Crippen molar-refractivity contribution in [2.75, 3.05) is 5.32 Å². The van der Waals surface area contributed by atoms with E-state index in [-0.39, 0.29) is 12.2 Å². The summed E-state index contributed by atoms with van der Waals surface area (Å²) < 4.78 is 41.5. The van der Waals surface area contributed by atoms with Crippen LogP contribution in [0.2, 0.25) is 0 Å². The summed E-state index contributed by atoms with van der Waals surface area (Å²) >= 11 is 0. The average Bonchev–Trinajstić information content (AvgIpc) is 2.78. The molecule has 108 valence electrons.